The maximum Gasteiger partial charge on any atom is 0.299 e. The van der Waals surface area contributed by atoms with Crippen LogP contribution in [-0.4, -0.2) is 18.2 Å². The number of anilines is 1. The molecule has 0 aromatic heterocycles. The van der Waals surface area contributed by atoms with E-state index in [4.69, 9.17) is 0 Å². The number of fused-ring (bicyclic) bond motifs is 1. The van der Waals surface area contributed by atoms with Gasteiger partial charge in [0.1, 0.15) is 0 Å². The number of hydrogen-bond acceptors (Lipinski definition) is 2. The molecular formula is C15H17NO2. The Bertz CT molecular complexity index is 539. The molecule has 0 bridgehead atoms. The molecule has 0 saturated carbocycles. The van der Waals surface area contributed by atoms with Crippen molar-refractivity contribution < 1.29 is 9.59 Å². The summed E-state index contributed by atoms with van der Waals surface area (Å²) in [4.78, 5) is 25.4. The number of benzene rings is 1. The molecular weight excluding hydrogens is 226 g/mol. The molecule has 0 radical (unpaired) electrons. The van der Waals surface area contributed by atoms with Gasteiger partial charge in [0, 0.05) is 6.54 Å². The molecule has 0 atom stereocenters. The molecule has 94 valence electrons. The zero-order valence-corrected chi connectivity index (χ0v) is 11.0. The zero-order valence-electron chi connectivity index (χ0n) is 11.0. The van der Waals surface area contributed by atoms with Crippen LogP contribution in [-0.2, 0) is 11.2 Å². The molecule has 2 rings (SSSR count). The highest BCUT2D eigenvalue weighted by Crippen LogP contribution is 2.29. The van der Waals surface area contributed by atoms with E-state index in [1.807, 2.05) is 45.0 Å². The number of rotatable bonds is 3. The van der Waals surface area contributed by atoms with Gasteiger partial charge in [-0.15, -0.1) is 0 Å². The van der Waals surface area contributed by atoms with Crippen LogP contribution in [0.4, 0.5) is 5.69 Å². The number of ketones is 1. The van der Waals surface area contributed by atoms with Gasteiger partial charge in [-0.3, -0.25) is 9.59 Å². The van der Waals surface area contributed by atoms with Crippen LogP contribution >= 0.6 is 0 Å². The van der Waals surface area contributed by atoms with Gasteiger partial charge < -0.3 is 4.90 Å². The second-order valence-electron chi connectivity index (χ2n) is 4.73. The highest BCUT2D eigenvalue weighted by molar-refractivity contribution is 6.52. The lowest BCUT2D eigenvalue weighted by atomic mass is 10.1. The van der Waals surface area contributed by atoms with Crippen LogP contribution in [0.5, 0.6) is 0 Å². The highest BCUT2D eigenvalue weighted by Gasteiger charge is 2.35. The summed E-state index contributed by atoms with van der Waals surface area (Å²) in [5, 5.41) is 0. The molecule has 0 saturated heterocycles. The molecule has 1 aromatic carbocycles. The first kappa shape index (κ1) is 12.6. The minimum atomic E-state index is -0.421. The van der Waals surface area contributed by atoms with E-state index in [2.05, 4.69) is 0 Å². The maximum atomic E-state index is 11.9. The molecule has 1 aliphatic rings. The second kappa shape index (κ2) is 4.77. The van der Waals surface area contributed by atoms with Gasteiger partial charge in [0.05, 0.1) is 11.3 Å². The molecule has 1 heterocycles. The van der Waals surface area contributed by atoms with Crippen molar-refractivity contribution in [1.82, 2.24) is 0 Å². The van der Waals surface area contributed by atoms with E-state index in [0.29, 0.717) is 12.1 Å². The average molecular weight is 243 g/mol. The smallest absolute Gasteiger partial charge is 0.299 e. The Morgan fingerprint density at radius 2 is 2.00 bits per heavy atom. The molecule has 18 heavy (non-hydrogen) atoms. The predicted octanol–water partition coefficient (Wildman–Crippen LogP) is 2.74. The van der Waals surface area contributed by atoms with Gasteiger partial charge in [0.25, 0.3) is 11.7 Å². The fraction of sp³-hybridized carbons (Fsp3) is 0.333. The van der Waals surface area contributed by atoms with Crippen molar-refractivity contribution in [2.75, 3.05) is 11.4 Å². The fourth-order valence-electron chi connectivity index (χ4n) is 2.02. The second-order valence-corrected chi connectivity index (χ2v) is 4.73. The Morgan fingerprint density at radius 1 is 1.28 bits per heavy atom. The van der Waals surface area contributed by atoms with E-state index in [1.54, 1.807) is 4.90 Å². The van der Waals surface area contributed by atoms with Crippen molar-refractivity contribution in [3.05, 3.63) is 41.0 Å². The Kier molecular flexibility index (Phi) is 3.32. The van der Waals surface area contributed by atoms with Crippen molar-refractivity contribution in [3.63, 3.8) is 0 Å². The first-order valence-electron chi connectivity index (χ1n) is 6.17. The number of nitrogens with zero attached hydrogens (tertiary/aromatic N) is 1. The third-order valence-corrected chi connectivity index (χ3v) is 3.13. The quantitative estimate of drug-likeness (QED) is 0.604. The first-order chi connectivity index (χ1) is 8.54. The van der Waals surface area contributed by atoms with Crippen LogP contribution in [0, 0.1) is 0 Å². The number of amides is 1. The topological polar surface area (TPSA) is 37.4 Å². The van der Waals surface area contributed by atoms with Gasteiger partial charge in [-0.25, -0.2) is 0 Å². The standard InChI is InChI=1S/C15H17NO2/c1-4-11-5-6-13-12(9-11)14(17)15(18)16(13)8-7-10(2)3/h5-7,9H,4,8H2,1-3H3. The number of hydrogen-bond donors (Lipinski definition) is 0. The molecule has 0 spiro atoms. The Hall–Kier alpha value is -1.90. The summed E-state index contributed by atoms with van der Waals surface area (Å²) in [6.45, 7) is 6.45. The summed E-state index contributed by atoms with van der Waals surface area (Å²) in [6.07, 6.45) is 2.82. The molecule has 1 amide bonds. The third-order valence-electron chi connectivity index (χ3n) is 3.13. The third kappa shape index (κ3) is 2.08. The Labute approximate surface area is 107 Å². The van der Waals surface area contributed by atoms with E-state index in [0.717, 1.165) is 23.2 Å². The van der Waals surface area contributed by atoms with Gasteiger partial charge in [0.15, 0.2) is 0 Å². The van der Waals surface area contributed by atoms with Crippen LogP contribution in [0.25, 0.3) is 0 Å². The lowest BCUT2D eigenvalue weighted by Crippen LogP contribution is -2.29. The predicted molar refractivity (Wildman–Crippen MR) is 71.9 cm³/mol. The molecule has 0 unspecified atom stereocenters. The van der Waals surface area contributed by atoms with Gasteiger partial charge in [-0.05, 0) is 38.0 Å². The molecule has 3 nitrogen and oxygen atoms in total. The minimum Gasteiger partial charge on any atom is -0.301 e. The molecule has 0 N–H and O–H groups in total. The first-order valence-corrected chi connectivity index (χ1v) is 6.17. The molecule has 1 aliphatic heterocycles. The van der Waals surface area contributed by atoms with E-state index in [1.165, 1.54) is 0 Å². The van der Waals surface area contributed by atoms with Crippen LogP contribution in [0.3, 0.4) is 0 Å². The number of carbonyl (C=O) groups is 2. The minimum absolute atomic E-state index is 0.387. The van der Waals surface area contributed by atoms with Gasteiger partial charge in [-0.2, -0.15) is 0 Å². The number of aryl methyl sites for hydroxylation is 1. The largest absolute Gasteiger partial charge is 0.301 e. The van der Waals surface area contributed by atoms with Crippen LogP contribution in [0.2, 0.25) is 0 Å². The van der Waals surface area contributed by atoms with Crippen molar-refractivity contribution in [2.45, 2.75) is 27.2 Å². The van der Waals surface area contributed by atoms with E-state index >= 15 is 0 Å². The number of allylic oxidation sites excluding steroid dienone is 1. The number of carbonyl (C=O) groups excluding carboxylic acids is 2. The molecule has 3 heteroatoms. The Morgan fingerprint density at radius 3 is 2.61 bits per heavy atom. The lowest BCUT2D eigenvalue weighted by molar-refractivity contribution is -0.114. The Balaban J connectivity index is 2.40. The fourth-order valence-corrected chi connectivity index (χ4v) is 2.02. The van der Waals surface area contributed by atoms with Crippen molar-refractivity contribution in [1.29, 1.82) is 0 Å². The molecule has 0 aliphatic carbocycles. The lowest BCUT2D eigenvalue weighted by Gasteiger charge is -2.14. The summed E-state index contributed by atoms with van der Waals surface area (Å²) in [5.74, 6) is -0.807. The summed E-state index contributed by atoms with van der Waals surface area (Å²) >= 11 is 0. The molecule has 1 aromatic rings. The molecule has 0 fully saturated rings. The van der Waals surface area contributed by atoms with Crippen molar-refractivity contribution in [2.24, 2.45) is 0 Å². The zero-order chi connectivity index (χ0) is 13.3. The van der Waals surface area contributed by atoms with Crippen LogP contribution in [0.15, 0.2) is 29.8 Å². The highest BCUT2D eigenvalue weighted by atomic mass is 16.2. The summed E-state index contributed by atoms with van der Waals surface area (Å²) < 4.78 is 0. The van der Waals surface area contributed by atoms with E-state index in [-0.39, 0.29) is 5.78 Å². The van der Waals surface area contributed by atoms with Crippen molar-refractivity contribution >= 4 is 17.4 Å². The normalized spacial score (nSPS) is 13.8. The summed E-state index contributed by atoms with van der Waals surface area (Å²) in [5.41, 5.74) is 3.49. The van der Waals surface area contributed by atoms with Gasteiger partial charge in [-0.1, -0.05) is 24.6 Å². The monoisotopic (exact) mass is 243 g/mol. The SMILES string of the molecule is CCc1ccc2c(c1)C(=O)C(=O)N2CC=C(C)C. The van der Waals surface area contributed by atoms with Crippen molar-refractivity contribution in [3.8, 4) is 0 Å². The van der Waals surface area contributed by atoms with Gasteiger partial charge >= 0.3 is 0 Å². The van der Waals surface area contributed by atoms with E-state index < -0.39 is 5.91 Å². The summed E-state index contributed by atoms with van der Waals surface area (Å²) in [6, 6.07) is 5.67. The average Bonchev–Trinajstić information content (AvgIpc) is 2.59. The number of Topliss-reactive ketones (excluding diaryl/α,β-unsaturated/α-hetero) is 1. The van der Waals surface area contributed by atoms with E-state index in [9.17, 15) is 9.59 Å². The summed E-state index contributed by atoms with van der Waals surface area (Å²) in [7, 11) is 0. The van der Waals surface area contributed by atoms with Crippen LogP contribution in [0.1, 0.15) is 36.7 Å². The van der Waals surface area contributed by atoms with Crippen LogP contribution < -0.4 is 4.90 Å². The maximum absolute atomic E-state index is 11.9. The van der Waals surface area contributed by atoms with Gasteiger partial charge in [0.2, 0.25) is 0 Å².